The van der Waals surface area contributed by atoms with Crippen LogP contribution < -0.4 is 0 Å². The zero-order valence-electron chi connectivity index (χ0n) is 10.1. The molecule has 1 atom stereocenters. The molecule has 2 fully saturated rings. The molecule has 0 amide bonds. The largest absolute Gasteiger partial charge is 0.381 e. The average Bonchev–Trinajstić information content (AvgIpc) is 2.28. The first-order valence-corrected chi connectivity index (χ1v) is 6.64. The van der Waals surface area contributed by atoms with Crippen molar-refractivity contribution in [1.29, 1.82) is 0 Å². The molecule has 0 aromatic rings. The Kier molecular flexibility index (Phi) is 4.45. The third-order valence-corrected chi connectivity index (χ3v) is 3.94. The summed E-state index contributed by atoms with van der Waals surface area (Å²) in [6.45, 7) is 8.40. The van der Waals surface area contributed by atoms with E-state index < -0.39 is 0 Å². The second-order valence-electron chi connectivity index (χ2n) is 5.39. The van der Waals surface area contributed by atoms with E-state index in [9.17, 15) is 0 Å². The Labute approximate surface area is 94.0 Å². The Morgan fingerprint density at radius 3 is 2.73 bits per heavy atom. The average molecular weight is 211 g/mol. The second-order valence-corrected chi connectivity index (χ2v) is 5.39. The van der Waals surface area contributed by atoms with Crippen LogP contribution in [-0.2, 0) is 4.74 Å². The lowest BCUT2D eigenvalue weighted by atomic mass is 9.95. The van der Waals surface area contributed by atoms with E-state index in [2.05, 4.69) is 11.8 Å². The van der Waals surface area contributed by atoms with Gasteiger partial charge in [-0.1, -0.05) is 6.92 Å². The minimum Gasteiger partial charge on any atom is -0.381 e. The fourth-order valence-corrected chi connectivity index (χ4v) is 2.89. The van der Waals surface area contributed by atoms with Crippen molar-refractivity contribution in [2.45, 2.75) is 39.0 Å². The van der Waals surface area contributed by atoms with E-state index in [0.29, 0.717) is 0 Å². The summed E-state index contributed by atoms with van der Waals surface area (Å²) < 4.78 is 5.39. The molecule has 15 heavy (non-hydrogen) atoms. The van der Waals surface area contributed by atoms with Crippen LogP contribution in [0.5, 0.6) is 0 Å². The molecule has 0 saturated carbocycles. The summed E-state index contributed by atoms with van der Waals surface area (Å²) in [5.74, 6) is 1.87. The monoisotopic (exact) mass is 211 g/mol. The van der Waals surface area contributed by atoms with Gasteiger partial charge in [-0.2, -0.15) is 0 Å². The lowest BCUT2D eigenvalue weighted by molar-refractivity contribution is 0.0579. The summed E-state index contributed by atoms with van der Waals surface area (Å²) in [6, 6.07) is 0. The van der Waals surface area contributed by atoms with E-state index in [0.717, 1.165) is 25.0 Å². The van der Waals surface area contributed by atoms with Gasteiger partial charge in [-0.05, 0) is 57.0 Å². The van der Waals surface area contributed by atoms with E-state index >= 15 is 0 Å². The lowest BCUT2D eigenvalue weighted by Crippen LogP contribution is -2.36. The minimum absolute atomic E-state index is 0.924. The van der Waals surface area contributed by atoms with Gasteiger partial charge in [-0.25, -0.2) is 0 Å². The molecule has 2 heterocycles. The summed E-state index contributed by atoms with van der Waals surface area (Å²) in [7, 11) is 0. The van der Waals surface area contributed by atoms with Crippen LogP contribution in [0.4, 0.5) is 0 Å². The van der Waals surface area contributed by atoms with Gasteiger partial charge in [0.1, 0.15) is 0 Å². The molecular formula is C13H25NO. The van der Waals surface area contributed by atoms with Crippen molar-refractivity contribution >= 4 is 0 Å². The summed E-state index contributed by atoms with van der Waals surface area (Å²) in [5.41, 5.74) is 0. The van der Waals surface area contributed by atoms with Gasteiger partial charge in [0.15, 0.2) is 0 Å². The number of hydrogen-bond donors (Lipinski definition) is 0. The molecule has 0 N–H and O–H groups in total. The van der Waals surface area contributed by atoms with Gasteiger partial charge in [-0.15, -0.1) is 0 Å². The van der Waals surface area contributed by atoms with Crippen LogP contribution in [-0.4, -0.2) is 37.7 Å². The van der Waals surface area contributed by atoms with Gasteiger partial charge in [0.25, 0.3) is 0 Å². The van der Waals surface area contributed by atoms with Crippen molar-refractivity contribution in [3.05, 3.63) is 0 Å². The summed E-state index contributed by atoms with van der Waals surface area (Å²) in [6.07, 6.45) is 6.84. The van der Waals surface area contributed by atoms with Crippen molar-refractivity contribution in [2.24, 2.45) is 11.8 Å². The predicted octanol–water partition coefficient (Wildman–Crippen LogP) is 2.54. The Balaban J connectivity index is 1.63. The van der Waals surface area contributed by atoms with E-state index in [1.807, 2.05) is 0 Å². The number of likely N-dealkylation sites (tertiary alicyclic amines) is 1. The third kappa shape index (κ3) is 3.76. The normalized spacial score (nSPS) is 30.6. The molecule has 2 aliphatic heterocycles. The highest BCUT2D eigenvalue weighted by Gasteiger charge is 2.18. The number of piperidine rings is 1. The van der Waals surface area contributed by atoms with Crippen LogP contribution in [0.1, 0.15) is 39.0 Å². The van der Waals surface area contributed by atoms with Crippen molar-refractivity contribution in [3.8, 4) is 0 Å². The molecule has 0 aliphatic carbocycles. The fraction of sp³-hybridized carbons (Fsp3) is 1.00. The molecule has 0 aromatic carbocycles. The van der Waals surface area contributed by atoms with Crippen molar-refractivity contribution in [1.82, 2.24) is 4.90 Å². The molecule has 2 heteroatoms. The smallest absolute Gasteiger partial charge is 0.0468 e. The zero-order chi connectivity index (χ0) is 10.5. The van der Waals surface area contributed by atoms with E-state index in [4.69, 9.17) is 4.74 Å². The molecule has 0 aromatic heterocycles. The predicted molar refractivity (Wildman–Crippen MR) is 63.0 cm³/mol. The van der Waals surface area contributed by atoms with Crippen molar-refractivity contribution in [2.75, 3.05) is 32.8 Å². The van der Waals surface area contributed by atoms with Crippen molar-refractivity contribution in [3.63, 3.8) is 0 Å². The number of nitrogens with zero attached hydrogens (tertiary/aromatic N) is 1. The van der Waals surface area contributed by atoms with Crippen LogP contribution in [0.2, 0.25) is 0 Å². The lowest BCUT2D eigenvalue weighted by Gasteiger charge is -2.32. The Morgan fingerprint density at radius 1 is 1.20 bits per heavy atom. The summed E-state index contributed by atoms with van der Waals surface area (Å²) >= 11 is 0. The highest BCUT2D eigenvalue weighted by Crippen LogP contribution is 2.21. The Bertz CT molecular complexity index is 177. The van der Waals surface area contributed by atoms with Gasteiger partial charge in [0.05, 0.1) is 0 Å². The first-order chi connectivity index (χ1) is 7.34. The van der Waals surface area contributed by atoms with Gasteiger partial charge < -0.3 is 9.64 Å². The standard InChI is InChI=1S/C13H25NO/c1-12-3-2-7-14(11-12)8-4-13-5-9-15-10-6-13/h12-13H,2-11H2,1H3/t12-/m1/s1. The maximum Gasteiger partial charge on any atom is 0.0468 e. The second kappa shape index (κ2) is 5.86. The highest BCUT2D eigenvalue weighted by atomic mass is 16.5. The summed E-state index contributed by atoms with van der Waals surface area (Å²) in [5, 5.41) is 0. The first-order valence-electron chi connectivity index (χ1n) is 6.64. The van der Waals surface area contributed by atoms with E-state index in [1.54, 1.807) is 0 Å². The van der Waals surface area contributed by atoms with Gasteiger partial charge in [0.2, 0.25) is 0 Å². The molecule has 0 unspecified atom stereocenters. The number of rotatable bonds is 3. The SMILES string of the molecule is C[C@@H]1CCCN(CCC2CCOCC2)C1. The van der Waals surface area contributed by atoms with Crippen LogP contribution in [0.25, 0.3) is 0 Å². The highest BCUT2D eigenvalue weighted by molar-refractivity contribution is 4.72. The van der Waals surface area contributed by atoms with Crippen LogP contribution in [0.3, 0.4) is 0 Å². The van der Waals surface area contributed by atoms with Gasteiger partial charge >= 0.3 is 0 Å². The van der Waals surface area contributed by atoms with Crippen LogP contribution >= 0.6 is 0 Å². The molecule has 2 rings (SSSR count). The molecular weight excluding hydrogens is 186 g/mol. The zero-order valence-corrected chi connectivity index (χ0v) is 10.1. The maximum atomic E-state index is 5.39. The molecule has 2 nitrogen and oxygen atoms in total. The molecule has 2 aliphatic rings. The topological polar surface area (TPSA) is 12.5 Å². The first kappa shape index (κ1) is 11.4. The van der Waals surface area contributed by atoms with Crippen molar-refractivity contribution < 1.29 is 4.74 Å². The Morgan fingerprint density at radius 2 is 2.00 bits per heavy atom. The van der Waals surface area contributed by atoms with E-state index in [-0.39, 0.29) is 0 Å². The summed E-state index contributed by atoms with van der Waals surface area (Å²) in [4.78, 5) is 2.67. The Hall–Kier alpha value is -0.0800. The number of ether oxygens (including phenoxy) is 1. The molecule has 0 spiro atoms. The fourth-order valence-electron chi connectivity index (χ4n) is 2.89. The van der Waals surface area contributed by atoms with Crippen LogP contribution in [0.15, 0.2) is 0 Å². The van der Waals surface area contributed by atoms with Gasteiger partial charge in [-0.3, -0.25) is 0 Å². The quantitative estimate of drug-likeness (QED) is 0.711. The number of hydrogen-bond acceptors (Lipinski definition) is 2. The van der Waals surface area contributed by atoms with E-state index in [1.165, 1.54) is 51.7 Å². The maximum absolute atomic E-state index is 5.39. The third-order valence-electron chi connectivity index (χ3n) is 3.94. The minimum atomic E-state index is 0.924. The molecule has 0 bridgehead atoms. The van der Waals surface area contributed by atoms with Crippen LogP contribution in [0, 0.1) is 11.8 Å². The molecule has 0 radical (unpaired) electrons. The molecule has 2 saturated heterocycles. The van der Waals surface area contributed by atoms with Gasteiger partial charge in [0, 0.05) is 19.8 Å². The molecule has 88 valence electrons.